The standard InChI is InChI=1S/C21H17N5O6/c1-12-9-15(25(29)30)4-7-17(12)23-20(27)14-3-6-19(22-11-14)21(28)24-18-8-5-16(26(31)32)10-13(18)2/h3-11H,1-2H3,(H,23,27)(H,24,28). The Hall–Kier alpha value is -4.67. The first-order valence-electron chi connectivity index (χ1n) is 9.24. The van der Waals surface area contributed by atoms with Crippen LogP contribution in [0.15, 0.2) is 54.7 Å². The van der Waals surface area contributed by atoms with Crippen LogP contribution in [-0.2, 0) is 0 Å². The minimum Gasteiger partial charge on any atom is -0.322 e. The van der Waals surface area contributed by atoms with Gasteiger partial charge in [-0.15, -0.1) is 0 Å². The van der Waals surface area contributed by atoms with Gasteiger partial charge in [0, 0.05) is 41.8 Å². The van der Waals surface area contributed by atoms with Crippen molar-refractivity contribution < 1.29 is 19.4 Å². The second kappa shape index (κ2) is 9.00. The maximum Gasteiger partial charge on any atom is 0.274 e. The van der Waals surface area contributed by atoms with Crippen LogP contribution in [0, 0.1) is 34.1 Å². The van der Waals surface area contributed by atoms with Crippen LogP contribution in [0.2, 0.25) is 0 Å². The quantitative estimate of drug-likeness (QED) is 0.437. The average Bonchev–Trinajstić information content (AvgIpc) is 2.76. The molecule has 3 aromatic rings. The van der Waals surface area contributed by atoms with Gasteiger partial charge in [0.1, 0.15) is 5.69 Å². The molecule has 0 spiro atoms. The highest BCUT2D eigenvalue weighted by molar-refractivity contribution is 6.06. The van der Waals surface area contributed by atoms with Gasteiger partial charge >= 0.3 is 0 Å². The first-order chi connectivity index (χ1) is 15.2. The maximum absolute atomic E-state index is 12.4. The van der Waals surface area contributed by atoms with Crippen LogP contribution in [-0.4, -0.2) is 26.6 Å². The highest BCUT2D eigenvalue weighted by atomic mass is 16.6. The minimum absolute atomic E-state index is 0.0471. The van der Waals surface area contributed by atoms with Crippen LogP contribution in [0.5, 0.6) is 0 Å². The van der Waals surface area contributed by atoms with Gasteiger partial charge in [-0.1, -0.05) is 0 Å². The minimum atomic E-state index is -0.542. The lowest BCUT2D eigenvalue weighted by atomic mass is 10.1. The van der Waals surface area contributed by atoms with Crippen molar-refractivity contribution in [1.29, 1.82) is 0 Å². The Labute approximate surface area is 181 Å². The van der Waals surface area contributed by atoms with Crippen molar-refractivity contribution in [2.45, 2.75) is 13.8 Å². The van der Waals surface area contributed by atoms with Crippen molar-refractivity contribution in [3.63, 3.8) is 0 Å². The molecular formula is C21H17N5O6. The molecule has 0 unspecified atom stereocenters. The van der Waals surface area contributed by atoms with Crippen LogP contribution < -0.4 is 10.6 Å². The number of carbonyl (C=O) groups excluding carboxylic acids is 2. The molecule has 0 bridgehead atoms. The van der Waals surface area contributed by atoms with Gasteiger partial charge in [0.15, 0.2) is 0 Å². The van der Waals surface area contributed by atoms with E-state index in [9.17, 15) is 29.8 Å². The lowest BCUT2D eigenvalue weighted by Crippen LogP contribution is -2.17. The summed E-state index contributed by atoms with van der Waals surface area (Å²) in [6.07, 6.45) is 1.23. The lowest BCUT2D eigenvalue weighted by molar-refractivity contribution is -0.385. The van der Waals surface area contributed by atoms with Crippen LogP contribution in [0.4, 0.5) is 22.7 Å². The number of pyridine rings is 1. The van der Waals surface area contributed by atoms with E-state index in [0.717, 1.165) is 0 Å². The van der Waals surface area contributed by atoms with Gasteiger partial charge in [-0.05, 0) is 49.2 Å². The summed E-state index contributed by atoms with van der Waals surface area (Å²) in [6, 6.07) is 10.9. The summed E-state index contributed by atoms with van der Waals surface area (Å²) in [5, 5.41) is 26.9. The zero-order chi connectivity index (χ0) is 23.4. The number of non-ortho nitro benzene ring substituents is 2. The van der Waals surface area contributed by atoms with Crippen LogP contribution >= 0.6 is 0 Å². The molecule has 0 fully saturated rings. The van der Waals surface area contributed by atoms with Gasteiger partial charge < -0.3 is 10.6 Å². The monoisotopic (exact) mass is 435 g/mol. The number of benzene rings is 2. The van der Waals surface area contributed by atoms with E-state index in [-0.39, 0.29) is 22.6 Å². The molecule has 0 aliphatic heterocycles. The number of nitro groups is 2. The summed E-state index contributed by atoms with van der Waals surface area (Å²) in [5.41, 5.74) is 1.92. The molecule has 11 heteroatoms. The predicted molar refractivity (Wildman–Crippen MR) is 116 cm³/mol. The molecule has 0 atom stereocenters. The van der Waals surface area contributed by atoms with Crippen molar-refractivity contribution in [3.8, 4) is 0 Å². The Morgan fingerprint density at radius 2 is 1.28 bits per heavy atom. The Kier molecular flexibility index (Phi) is 6.19. The van der Waals surface area contributed by atoms with Gasteiger partial charge in [0.05, 0.1) is 15.4 Å². The highest BCUT2D eigenvalue weighted by Crippen LogP contribution is 2.23. The third kappa shape index (κ3) is 4.90. The SMILES string of the molecule is Cc1cc([N+](=O)[O-])ccc1NC(=O)c1ccc(C(=O)Nc2ccc([N+](=O)[O-])cc2C)nc1. The van der Waals surface area contributed by atoms with Gasteiger partial charge in [0.2, 0.25) is 0 Å². The number of anilines is 2. The number of aromatic nitrogens is 1. The van der Waals surface area contributed by atoms with Gasteiger partial charge in [0.25, 0.3) is 23.2 Å². The fourth-order valence-electron chi connectivity index (χ4n) is 2.85. The highest BCUT2D eigenvalue weighted by Gasteiger charge is 2.15. The van der Waals surface area contributed by atoms with E-state index in [1.54, 1.807) is 13.8 Å². The molecule has 0 aliphatic rings. The molecule has 2 amide bonds. The van der Waals surface area contributed by atoms with Crippen molar-refractivity contribution in [2.75, 3.05) is 10.6 Å². The number of amides is 2. The average molecular weight is 435 g/mol. The third-order valence-electron chi connectivity index (χ3n) is 4.60. The number of rotatable bonds is 6. The third-order valence-corrected chi connectivity index (χ3v) is 4.60. The summed E-state index contributed by atoms with van der Waals surface area (Å²) in [7, 11) is 0. The molecule has 0 aliphatic carbocycles. The molecule has 1 aromatic heterocycles. The summed E-state index contributed by atoms with van der Waals surface area (Å²) < 4.78 is 0. The van der Waals surface area contributed by atoms with Crippen molar-refractivity contribution in [1.82, 2.24) is 4.98 Å². The maximum atomic E-state index is 12.4. The van der Waals surface area contributed by atoms with E-state index in [1.807, 2.05) is 0 Å². The number of carbonyl (C=O) groups is 2. The van der Waals surface area contributed by atoms with Crippen LogP contribution in [0.25, 0.3) is 0 Å². The first kappa shape index (κ1) is 22.0. The number of nitrogens with zero attached hydrogens (tertiary/aromatic N) is 3. The largest absolute Gasteiger partial charge is 0.322 e. The second-order valence-electron chi connectivity index (χ2n) is 6.85. The fraction of sp³-hybridized carbons (Fsp3) is 0.0952. The van der Waals surface area contributed by atoms with E-state index >= 15 is 0 Å². The van der Waals surface area contributed by atoms with Crippen LogP contribution in [0.3, 0.4) is 0 Å². The van der Waals surface area contributed by atoms with Crippen molar-refractivity contribution >= 4 is 34.6 Å². The zero-order valence-electron chi connectivity index (χ0n) is 17.0. The van der Waals surface area contributed by atoms with E-state index in [4.69, 9.17) is 0 Å². The molecule has 11 nitrogen and oxygen atoms in total. The summed E-state index contributed by atoms with van der Waals surface area (Å²) in [6.45, 7) is 3.26. The second-order valence-corrected chi connectivity index (χ2v) is 6.85. The summed E-state index contributed by atoms with van der Waals surface area (Å²) in [5.74, 6) is -1.03. The summed E-state index contributed by atoms with van der Waals surface area (Å²) in [4.78, 5) is 49.5. The Balaban J connectivity index is 1.69. The number of nitrogens with one attached hydrogen (secondary N) is 2. The molecule has 3 rings (SSSR count). The number of hydrogen-bond donors (Lipinski definition) is 2. The zero-order valence-corrected chi connectivity index (χ0v) is 17.0. The smallest absolute Gasteiger partial charge is 0.274 e. The van der Waals surface area contributed by atoms with Gasteiger partial charge in [-0.3, -0.25) is 34.8 Å². The molecule has 0 saturated heterocycles. The molecule has 32 heavy (non-hydrogen) atoms. The van der Waals surface area contributed by atoms with Crippen molar-refractivity contribution in [2.24, 2.45) is 0 Å². The normalized spacial score (nSPS) is 10.3. The Bertz CT molecular complexity index is 1140. The molecule has 0 saturated carbocycles. The van der Waals surface area contributed by atoms with Gasteiger partial charge in [-0.2, -0.15) is 0 Å². The molecule has 2 N–H and O–H groups in total. The molecule has 1 heterocycles. The lowest BCUT2D eigenvalue weighted by Gasteiger charge is -2.09. The Morgan fingerprint density at radius 1 is 0.781 bits per heavy atom. The van der Waals surface area contributed by atoms with E-state index in [2.05, 4.69) is 15.6 Å². The summed E-state index contributed by atoms with van der Waals surface area (Å²) >= 11 is 0. The Morgan fingerprint density at radius 3 is 1.69 bits per heavy atom. The molecule has 0 radical (unpaired) electrons. The molecule has 162 valence electrons. The predicted octanol–water partition coefficient (Wildman–Crippen LogP) is 4.02. The molecule has 2 aromatic carbocycles. The number of hydrogen-bond acceptors (Lipinski definition) is 7. The number of aryl methyl sites for hydroxylation is 2. The fourth-order valence-corrected chi connectivity index (χ4v) is 2.85. The first-order valence-corrected chi connectivity index (χ1v) is 9.24. The molecular weight excluding hydrogens is 418 g/mol. The topological polar surface area (TPSA) is 157 Å². The van der Waals surface area contributed by atoms with Gasteiger partial charge in [-0.25, -0.2) is 0 Å². The van der Waals surface area contributed by atoms with E-state index in [1.165, 1.54) is 54.7 Å². The van der Waals surface area contributed by atoms with Crippen molar-refractivity contribution in [3.05, 3.63) is 97.3 Å². The van der Waals surface area contributed by atoms with Crippen LogP contribution in [0.1, 0.15) is 32.0 Å². The van der Waals surface area contributed by atoms with E-state index < -0.39 is 21.7 Å². The van der Waals surface area contributed by atoms with E-state index in [0.29, 0.717) is 22.5 Å². The number of nitro benzene ring substituents is 2.